The van der Waals surface area contributed by atoms with Crippen molar-refractivity contribution in [3.63, 3.8) is 0 Å². The van der Waals surface area contributed by atoms with Crippen LogP contribution in [0.2, 0.25) is 5.02 Å². The van der Waals surface area contributed by atoms with Gasteiger partial charge in [0, 0.05) is 31.2 Å². The number of benzene rings is 2. The molecule has 0 radical (unpaired) electrons. The van der Waals surface area contributed by atoms with Crippen molar-refractivity contribution in [2.45, 2.75) is 13.3 Å². The second kappa shape index (κ2) is 9.01. The van der Waals surface area contributed by atoms with E-state index < -0.39 is 5.91 Å². The average molecular weight is 373 g/mol. The standard InChI is InChI=1S/C19H21ClN4O2/c1-13(22-23-19(26)16-6-4-5-7-17(16)20)12-18(25)21-14-8-10-15(11-9-14)24(2)3/h4-11H,12H2,1-3H3,(H,21,25)(H,23,26)/b22-13-. The SMILES string of the molecule is C/C(CC(=O)Nc1ccc(N(C)C)cc1)=N/NC(=O)c1ccccc1Cl. The summed E-state index contributed by atoms with van der Waals surface area (Å²) in [6.07, 6.45) is 0.0677. The fourth-order valence-corrected chi connectivity index (χ4v) is 2.39. The molecule has 0 bridgehead atoms. The Hall–Kier alpha value is -2.86. The second-order valence-corrected chi connectivity index (χ2v) is 6.34. The van der Waals surface area contributed by atoms with Gasteiger partial charge in [0.2, 0.25) is 5.91 Å². The number of hydrogen-bond acceptors (Lipinski definition) is 4. The molecule has 0 spiro atoms. The Kier molecular flexibility index (Phi) is 6.74. The molecule has 0 aromatic heterocycles. The highest BCUT2D eigenvalue weighted by Gasteiger charge is 2.09. The minimum Gasteiger partial charge on any atom is -0.378 e. The lowest BCUT2D eigenvalue weighted by molar-refractivity contribution is -0.115. The van der Waals surface area contributed by atoms with Gasteiger partial charge in [-0.3, -0.25) is 9.59 Å². The molecule has 2 aromatic rings. The smallest absolute Gasteiger partial charge is 0.272 e. The second-order valence-electron chi connectivity index (χ2n) is 5.93. The lowest BCUT2D eigenvalue weighted by Gasteiger charge is -2.13. The van der Waals surface area contributed by atoms with Gasteiger partial charge in [-0.05, 0) is 43.3 Å². The Morgan fingerprint density at radius 2 is 1.73 bits per heavy atom. The minimum absolute atomic E-state index is 0.0677. The van der Waals surface area contributed by atoms with Crippen LogP contribution in [-0.2, 0) is 4.79 Å². The van der Waals surface area contributed by atoms with Crippen molar-refractivity contribution < 1.29 is 9.59 Å². The molecule has 2 rings (SSSR count). The summed E-state index contributed by atoms with van der Waals surface area (Å²) >= 11 is 5.96. The third-order valence-electron chi connectivity index (χ3n) is 3.55. The van der Waals surface area contributed by atoms with E-state index in [0.29, 0.717) is 22.0 Å². The molecule has 7 heteroatoms. The molecule has 0 aliphatic heterocycles. The molecule has 0 unspecified atom stereocenters. The zero-order valence-electron chi connectivity index (χ0n) is 14.9. The van der Waals surface area contributed by atoms with E-state index in [0.717, 1.165) is 5.69 Å². The van der Waals surface area contributed by atoms with Gasteiger partial charge in [0.05, 0.1) is 17.0 Å². The number of hydrazone groups is 1. The lowest BCUT2D eigenvalue weighted by Crippen LogP contribution is -2.21. The molecule has 6 nitrogen and oxygen atoms in total. The summed E-state index contributed by atoms with van der Waals surface area (Å²) in [6.45, 7) is 1.67. The normalized spacial score (nSPS) is 11.0. The van der Waals surface area contributed by atoms with Crippen LogP contribution in [0.3, 0.4) is 0 Å². The first-order valence-corrected chi connectivity index (χ1v) is 8.40. The molecular formula is C19H21ClN4O2. The van der Waals surface area contributed by atoms with Crippen molar-refractivity contribution >= 4 is 40.5 Å². The molecule has 0 aliphatic rings. The van der Waals surface area contributed by atoms with Crippen molar-refractivity contribution in [1.82, 2.24) is 5.43 Å². The van der Waals surface area contributed by atoms with Crippen LogP contribution in [0.1, 0.15) is 23.7 Å². The highest BCUT2D eigenvalue weighted by molar-refractivity contribution is 6.33. The van der Waals surface area contributed by atoms with Crippen molar-refractivity contribution in [2.24, 2.45) is 5.10 Å². The highest BCUT2D eigenvalue weighted by Crippen LogP contribution is 2.16. The van der Waals surface area contributed by atoms with Crippen LogP contribution < -0.4 is 15.6 Å². The van der Waals surface area contributed by atoms with Crippen LogP contribution in [0.25, 0.3) is 0 Å². The van der Waals surface area contributed by atoms with Gasteiger partial charge < -0.3 is 10.2 Å². The van der Waals surface area contributed by atoms with Gasteiger partial charge in [0.25, 0.3) is 5.91 Å². The van der Waals surface area contributed by atoms with Crippen LogP contribution >= 0.6 is 11.6 Å². The average Bonchev–Trinajstić information content (AvgIpc) is 2.60. The van der Waals surface area contributed by atoms with Crippen molar-refractivity contribution in [2.75, 3.05) is 24.3 Å². The minimum atomic E-state index is -0.422. The number of anilines is 2. The molecule has 0 heterocycles. The van der Waals surface area contributed by atoms with E-state index >= 15 is 0 Å². The number of hydrogen-bond donors (Lipinski definition) is 2. The Morgan fingerprint density at radius 1 is 1.08 bits per heavy atom. The number of rotatable bonds is 6. The first kappa shape index (κ1) is 19.5. The van der Waals surface area contributed by atoms with E-state index in [4.69, 9.17) is 11.6 Å². The Bertz CT molecular complexity index is 817. The van der Waals surface area contributed by atoms with Gasteiger partial charge in [-0.15, -0.1) is 0 Å². The van der Waals surface area contributed by atoms with Crippen LogP contribution in [0, 0.1) is 0 Å². The summed E-state index contributed by atoms with van der Waals surface area (Å²) in [5, 5.41) is 7.09. The summed E-state index contributed by atoms with van der Waals surface area (Å²) in [5.74, 6) is -0.634. The molecule has 0 fully saturated rings. The molecule has 26 heavy (non-hydrogen) atoms. The maximum Gasteiger partial charge on any atom is 0.272 e. The van der Waals surface area contributed by atoms with Gasteiger partial charge >= 0.3 is 0 Å². The van der Waals surface area contributed by atoms with Crippen molar-refractivity contribution in [1.29, 1.82) is 0 Å². The van der Waals surface area contributed by atoms with Crippen molar-refractivity contribution in [3.05, 3.63) is 59.1 Å². The number of nitrogens with one attached hydrogen (secondary N) is 2. The van der Waals surface area contributed by atoms with Gasteiger partial charge in [-0.2, -0.15) is 5.10 Å². The van der Waals surface area contributed by atoms with E-state index in [9.17, 15) is 9.59 Å². The van der Waals surface area contributed by atoms with E-state index in [-0.39, 0.29) is 12.3 Å². The molecule has 136 valence electrons. The number of halogens is 1. The molecule has 0 atom stereocenters. The van der Waals surface area contributed by atoms with Gasteiger partial charge in [-0.25, -0.2) is 5.43 Å². The number of carbonyl (C=O) groups excluding carboxylic acids is 2. The molecular weight excluding hydrogens is 352 g/mol. The maximum atomic E-state index is 12.1. The molecule has 2 amide bonds. The number of carbonyl (C=O) groups is 2. The first-order chi connectivity index (χ1) is 12.4. The van der Waals surface area contributed by atoms with Crippen LogP contribution in [-0.4, -0.2) is 31.6 Å². The molecule has 0 saturated heterocycles. The summed E-state index contributed by atoms with van der Waals surface area (Å²) < 4.78 is 0. The number of amides is 2. The largest absolute Gasteiger partial charge is 0.378 e. The Labute approximate surface area is 157 Å². The van der Waals surface area contributed by atoms with Gasteiger partial charge in [0.1, 0.15) is 0 Å². The van der Waals surface area contributed by atoms with Gasteiger partial charge in [0.15, 0.2) is 0 Å². The van der Waals surface area contributed by atoms with Crippen LogP contribution in [0.5, 0.6) is 0 Å². The zero-order valence-corrected chi connectivity index (χ0v) is 15.7. The van der Waals surface area contributed by atoms with E-state index in [1.54, 1.807) is 31.2 Å². The van der Waals surface area contributed by atoms with E-state index in [1.165, 1.54) is 0 Å². The van der Waals surface area contributed by atoms with Crippen molar-refractivity contribution in [3.8, 4) is 0 Å². The fourth-order valence-electron chi connectivity index (χ4n) is 2.17. The topological polar surface area (TPSA) is 73.8 Å². The molecule has 2 aromatic carbocycles. The summed E-state index contributed by atoms with van der Waals surface area (Å²) in [5.41, 5.74) is 4.96. The van der Waals surface area contributed by atoms with E-state index in [1.807, 2.05) is 43.3 Å². The zero-order chi connectivity index (χ0) is 19.1. The predicted octanol–water partition coefficient (Wildman–Crippen LogP) is 3.54. The Morgan fingerprint density at radius 3 is 2.35 bits per heavy atom. The maximum absolute atomic E-state index is 12.1. The van der Waals surface area contributed by atoms with Crippen LogP contribution in [0.4, 0.5) is 11.4 Å². The predicted molar refractivity (Wildman–Crippen MR) is 106 cm³/mol. The fraction of sp³-hybridized carbons (Fsp3) is 0.211. The van der Waals surface area contributed by atoms with E-state index in [2.05, 4.69) is 15.8 Å². The lowest BCUT2D eigenvalue weighted by atomic mass is 10.2. The quantitative estimate of drug-likeness (QED) is 0.601. The third kappa shape index (κ3) is 5.60. The monoisotopic (exact) mass is 372 g/mol. The summed E-state index contributed by atoms with van der Waals surface area (Å²) in [7, 11) is 3.90. The Balaban J connectivity index is 1.89. The molecule has 0 saturated carbocycles. The molecule has 0 aliphatic carbocycles. The summed E-state index contributed by atoms with van der Waals surface area (Å²) in [4.78, 5) is 26.1. The third-order valence-corrected chi connectivity index (χ3v) is 3.88. The molecule has 2 N–H and O–H groups in total. The highest BCUT2D eigenvalue weighted by atomic mass is 35.5. The van der Waals surface area contributed by atoms with Crippen LogP contribution in [0.15, 0.2) is 53.6 Å². The van der Waals surface area contributed by atoms with Gasteiger partial charge in [-0.1, -0.05) is 23.7 Å². The summed E-state index contributed by atoms with van der Waals surface area (Å²) in [6, 6.07) is 14.2. The number of nitrogens with zero attached hydrogens (tertiary/aromatic N) is 2. The first-order valence-electron chi connectivity index (χ1n) is 8.02.